The minimum Gasteiger partial charge on any atom is -0.501 e. The normalized spacial score (nSPS) is 12.8. The maximum atomic E-state index is 11.2. The van der Waals surface area contributed by atoms with Gasteiger partial charge in [-0.15, -0.1) is 0 Å². The van der Waals surface area contributed by atoms with E-state index in [1.807, 2.05) is 6.92 Å². The van der Waals surface area contributed by atoms with Gasteiger partial charge in [-0.1, -0.05) is 41.7 Å². The van der Waals surface area contributed by atoms with E-state index in [9.17, 15) is 4.79 Å². The highest BCUT2D eigenvalue weighted by Gasteiger charge is 2.28. The van der Waals surface area contributed by atoms with E-state index < -0.39 is 9.58 Å². The number of alkyl halides is 3. The van der Waals surface area contributed by atoms with E-state index in [0.29, 0.717) is 12.2 Å². The average molecular weight is 246 g/mol. The fraction of sp³-hybridized carbons (Fsp3) is 0.625. The lowest BCUT2D eigenvalue weighted by atomic mass is 10.2. The molecule has 0 aromatic heterocycles. The topological polar surface area (TPSA) is 26.3 Å². The number of hydrogen-bond acceptors (Lipinski definition) is 2. The first-order chi connectivity index (χ1) is 5.91. The molecule has 0 unspecified atom stereocenters. The van der Waals surface area contributed by atoms with Crippen LogP contribution in [-0.4, -0.2) is 16.7 Å². The number of ether oxygens (including phenoxy) is 1. The number of carbonyl (C=O) groups is 1. The molecule has 0 saturated heterocycles. The van der Waals surface area contributed by atoms with Crippen molar-refractivity contribution in [3.8, 4) is 0 Å². The summed E-state index contributed by atoms with van der Waals surface area (Å²) in [5.74, 6) is -0.0541. The van der Waals surface area contributed by atoms with Crippen molar-refractivity contribution >= 4 is 40.6 Å². The molecule has 0 rings (SSSR count). The summed E-state index contributed by atoms with van der Waals surface area (Å²) in [6.07, 6.45) is 2.74. The van der Waals surface area contributed by atoms with Crippen LogP contribution in [0.2, 0.25) is 0 Å². The van der Waals surface area contributed by atoms with Crippen molar-refractivity contribution in [3.05, 3.63) is 11.8 Å². The van der Waals surface area contributed by atoms with Gasteiger partial charge in [0, 0.05) is 12.5 Å². The Morgan fingerprint density at radius 1 is 1.46 bits per heavy atom. The molecule has 5 heteroatoms. The zero-order valence-corrected chi connectivity index (χ0v) is 9.71. The Morgan fingerprint density at radius 2 is 2.00 bits per heavy atom. The van der Waals surface area contributed by atoms with E-state index in [2.05, 4.69) is 0 Å². The second-order valence-electron chi connectivity index (χ2n) is 2.43. The Morgan fingerprint density at radius 3 is 2.31 bits per heavy atom. The molecule has 0 aliphatic heterocycles. The van der Waals surface area contributed by atoms with Gasteiger partial charge in [-0.3, -0.25) is 4.79 Å². The van der Waals surface area contributed by atoms with Gasteiger partial charge in [-0.05, 0) is 6.42 Å². The van der Waals surface area contributed by atoms with E-state index in [-0.39, 0.29) is 0 Å². The van der Waals surface area contributed by atoms with Gasteiger partial charge in [0.05, 0.1) is 12.9 Å². The molecule has 0 aromatic carbocycles. The highest BCUT2D eigenvalue weighted by molar-refractivity contribution is 6.77. The van der Waals surface area contributed by atoms with Gasteiger partial charge in [-0.2, -0.15) is 0 Å². The van der Waals surface area contributed by atoms with Crippen molar-refractivity contribution in [1.29, 1.82) is 0 Å². The number of halogens is 3. The summed E-state index contributed by atoms with van der Waals surface area (Å²) in [7, 11) is 1.48. The number of methoxy groups -OCH3 is 1. The van der Waals surface area contributed by atoms with Crippen molar-refractivity contribution in [2.45, 2.75) is 23.6 Å². The predicted molar refractivity (Wildman–Crippen MR) is 55.3 cm³/mol. The van der Waals surface area contributed by atoms with E-state index in [1.165, 1.54) is 13.2 Å². The molecular weight excluding hydrogens is 234 g/mol. The lowest BCUT2D eigenvalue weighted by molar-refractivity contribution is -0.114. The van der Waals surface area contributed by atoms with Crippen LogP contribution in [0.5, 0.6) is 0 Å². The maximum Gasteiger partial charge on any atom is 0.252 e. The molecule has 0 amide bonds. The Hall–Kier alpha value is 0.0800. The van der Waals surface area contributed by atoms with Crippen LogP contribution in [0.15, 0.2) is 11.8 Å². The second-order valence-corrected chi connectivity index (χ2v) is 4.71. The molecule has 0 aromatic rings. The highest BCUT2D eigenvalue weighted by atomic mass is 35.6. The quantitative estimate of drug-likeness (QED) is 0.432. The summed E-state index contributed by atoms with van der Waals surface area (Å²) in [6.45, 7) is 1.96. The monoisotopic (exact) mass is 244 g/mol. The summed E-state index contributed by atoms with van der Waals surface area (Å²) in [5, 5.41) is 0. The lowest BCUT2D eigenvalue weighted by Crippen LogP contribution is -2.16. The first-order valence-electron chi connectivity index (χ1n) is 3.77. The van der Waals surface area contributed by atoms with Crippen LogP contribution in [-0.2, 0) is 9.53 Å². The number of ketones is 1. The zero-order chi connectivity index (χ0) is 10.5. The standard InChI is InChI=1S/C8H11Cl3O2/c1-3-4-6(13-2)5-7(12)8(9,10)11/h5H,3-4H2,1-2H3/b6-5+. The van der Waals surface area contributed by atoms with E-state index in [0.717, 1.165) is 6.42 Å². The highest BCUT2D eigenvalue weighted by Crippen LogP contribution is 2.28. The number of allylic oxidation sites excluding steroid dienone is 2. The first kappa shape index (κ1) is 13.1. The van der Waals surface area contributed by atoms with Crippen LogP contribution in [0.4, 0.5) is 0 Å². The Labute approximate surface area is 92.8 Å². The Kier molecular flexibility index (Phi) is 5.77. The second kappa shape index (κ2) is 5.74. The molecule has 0 bridgehead atoms. The fourth-order valence-corrected chi connectivity index (χ4v) is 0.871. The largest absolute Gasteiger partial charge is 0.501 e. The maximum absolute atomic E-state index is 11.2. The van der Waals surface area contributed by atoms with Gasteiger partial charge in [0.15, 0.2) is 0 Å². The summed E-state index contributed by atoms with van der Waals surface area (Å²) in [6, 6.07) is 0. The molecule has 0 aliphatic carbocycles. The molecule has 13 heavy (non-hydrogen) atoms. The SMILES string of the molecule is CCC/C(=C\C(=O)C(Cl)(Cl)Cl)OC. The third kappa shape index (κ3) is 5.40. The van der Waals surface area contributed by atoms with Crippen LogP contribution < -0.4 is 0 Å². The minimum atomic E-state index is -1.89. The van der Waals surface area contributed by atoms with Crippen molar-refractivity contribution in [2.24, 2.45) is 0 Å². The number of hydrogen-bond donors (Lipinski definition) is 0. The summed E-state index contributed by atoms with van der Waals surface area (Å²) < 4.78 is 3.03. The van der Waals surface area contributed by atoms with Crippen molar-refractivity contribution in [2.75, 3.05) is 7.11 Å². The fourth-order valence-electron chi connectivity index (χ4n) is 0.708. The first-order valence-corrected chi connectivity index (χ1v) is 4.91. The lowest BCUT2D eigenvalue weighted by Gasteiger charge is -2.08. The van der Waals surface area contributed by atoms with Gasteiger partial charge in [-0.25, -0.2) is 0 Å². The molecule has 0 atom stereocenters. The predicted octanol–water partition coefficient (Wildman–Crippen LogP) is 3.26. The molecule has 0 saturated carbocycles. The van der Waals surface area contributed by atoms with Crippen LogP contribution in [0.1, 0.15) is 19.8 Å². The molecule has 0 radical (unpaired) electrons. The van der Waals surface area contributed by atoms with Gasteiger partial charge in [0.1, 0.15) is 0 Å². The van der Waals surface area contributed by atoms with Gasteiger partial charge >= 0.3 is 0 Å². The molecule has 2 nitrogen and oxygen atoms in total. The third-order valence-electron chi connectivity index (χ3n) is 1.33. The number of rotatable bonds is 4. The van der Waals surface area contributed by atoms with Gasteiger partial charge in [0.25, 0.3) is 3.79 Å². The summed E-state index contributed by atoms with van der Waals surface area (Å²) >= 11 is 16.1. The van der Waals surface area contributed by atoms with Crippen molar-refractivity contribution < 1.29 is 9.53 Å². The van der Waals surface area contributed by atoms with Gasteiger partial charge < -0.3 is 4.74 Å². The molecule has 76 valence electrons. The Bertz CT molecular complexity index is 206. The Balaban J connectivity index is 4.42. The molecule has 0 heterocycles. The summed E-state index contributed by atoms with van der Waals surface area (Å²) in [5.41, 5.74) is 0. The smallest absolute Gasteiger partial charge is 0.252 e. The molecule has 0 N–H and O–H groups in total. The van der Waals surface area contributed by atoms with Crippen LogP contribution in [0.3, 0.4) is 0 Å². The average Bonchev–Trinajstić information content (AvgIpc) is 2.01. The van der Waals surface area contributed by atoms with Crippen molar-refractivity contribution in [3.63, 3.8) is 0 Å². The number of carbonyl (C=O) groups excluding carboxylic acids is 1. The molecule has 0 fully saturated rings. The van der Waals surface area contributed by atoms with E-state index in [1.54, 1.807) is 0 Å². The van der Waals surface area contributed by atoms with Crippen molar-refractivity contribution in [1.82, 2.24) is 0 Å². The molecule has 0 spiro atoms. The van der Waals surface area contributed by atoms with Gasteiger partial charge in [0.2, 0.25) is 5.78 Å². The van der Waals surface area contributed by atoms with Crippen LogP contribution in [0, 0.1) is 0 Å². The van der Waals surface area contributed by atoms with Crippen LogP contribution >= 0.6 is 34.8 Å². The zero-order valence-electron chi connectivity index (χ0n) is 7.44. The van der Waals surface area contributed by atoms with E-state index in [4.69, 9.17) is 39.5 Å². The molecular formula is C8H11Cl3O2. The minimum absolute atomic E-state index is 0.527. The van der Waals surface area contributed by atoms with E-state index >= 15 is 0 Å². The summed E-state index contributed by atoms with van der Waals surface area (Å²) in [4.78, 5) is 11.2. The third-order valence-corrected chi connectivity index (χ3v) is 1.89. The molecule has 0 aliphatic rings. The van der Waals surface area contributed by atoms with Crippen LogP contribution in [0.25, 0.3) is 0 Å².